The number of nitrogens with zero attached hydrogens (tertiary/aromatic N) is 4. The van der Waals surface area contributed by atoms with Gasteiger partial charge in [0.2, 0.25) is 0 Å². The van der Waals surface area contributed by atoms with Gasteiger partial charge in [0.05, 0.1) is 27.1 Å². The van der Waals surface area contributed by atoms with E-state index in [2.05, 4.69) is 9.97 Å². The molecule has 5 rings (SSSR count). The van der Waals surface area contributed by atoms with E-state index < -0.39 is 11.4 Å². The Hall–Kier alpha value is -3.79. The number of aromatic nitrogens is 3. The maximum atomic E-state index is 14.9. The van der Waals surface area contributed by atoms with Crippen LogP contribution in [-0.4, -0.2) is 50.0 Å². The zero-order chi connectivity index (χ0) is 29.9. The Kier molecular flexibility index (Phi) is 8.91. The minimum atomic E-state index is -0.548. The first-order valence-electron chi connectivity index (χ1n) is 14.4. The van der Waals surface area contributed by atoms with E-state index >= 15 is 0 Å². The number of ketones is 1. The van der Waals surface area contributed by atoms with Crippen LogP contribution >= 0.6 is 11.3 Å². The third kappa shape index (κ3) is 7.73. The Labute approximate surface area is 249 Å². The van der Waals surface area contributed by atoms with Gasteiger partial charge in [-0.3, -0.25) is 9.78 Å². The van der Waals surface area contributed by atoms with Crippen molar-refractivity contribution < 1.29 is 23.5 Å². The van der Waals surface area contributed by atoms with Gasteiger partial charge in [0.15, 0.2) is 11.6 Å². The maximum Gasteiger partial charge on any atom is 0.410 e. The highest BCUT2D eigenvalue weighted by molar-refractivity contribution is 7.22. The minimum Gasteiger partial charge on any atom is -0.453 e. The zero-order valence-electron chi connectivity index (χ0n) is 24.6. The number of pyridine rings is 1. The summed E-state index contributed by atoms with van der Waals surface area (Å²) >= 11 is 1.47. The van der Waals surface area contributed by atoms with Crippen LogP contribution in [0.25, 0.3) is 20.8 Å². The summed E-state index contributed by atoms with van der Waals surface area (Å²) in [6, 6.07) is 8.37. The van der Waals surface area contributed by atoms with Crippen molar-refractivity contribution in [2.75, 3.05) is 13.1 Å². The number of Topliss-reactive ketones (excluding diaryl/α,β-unsaturated/α-hetero) is 1. The van der Waals surface area contributed by atoms with E-state index in [0.717, 1.165) is 40.1 Å². The number of amides is 1. The van der Waals surface area contributed by atoms with Gasteiger partial charge in [-0.1, -0.05) is 13.0 Å². The van der Waals surface area contributed by atoms with E-state index in [-0.39, 0.29) is 24.0 Å². The van der Waals surface area contributed by atoms with Crippen LogP contribution in [0.5, 0.6) is 11.5 Å². The number of thiophene rings is 1. The molecule has 0 N–H and O–H groups in total. The number of benzene rings is 1. The van der Waals surface area contributed by atoms with Crippen LogP contribution in [0.2, 0.25) is 0 Å². The predicted molar refractivity (Wildman–Crippen MR) is 161 cm³/mol. The van der Waals surface area contributed by atoms with Gasteiger partial charge in [-0.05, 0) is 69.7 Å². The normalized spacial score (nSPS) is 13.4. The SMILES string of the molecule is CCCN(CCn1cnc(-c2cc3nccc(Oc4ccc(CC(=O)CC5CC5)cc4F)c3s2)c1)C(=O)OC(C)(C)C. The molecule has 3 heterocycles. The molecule has 0 atom stereocenters. The summed E-state index contributed by atoms with van der Waals surface area (Å²) in [6.07, 6.45) is 8.89. The first-order chi connectivity index (χ1) is 20.1. The van der Waals surface area contributed by atoms with Crippen molar-refractivity contribution in [3.63, 3.8) is 0 Å². The third-order valence-corrected chi connectivity index (χ3v) is 8.03. The molecular formula is C32H37FN4O4S. The lowest BCUT2D eigenvalue weighted by Crippen LogP contribution is -2.39. The smallest absolute Gasteiger partial charge is 0.410 e. The fourth-order valence-electron chi connectivity index (χ4n) is 4.66. The number of hydrogen-bond donors (Lipinski definition) is 0. The van der Waals surface area contributed by atoms with E-state index in [1.165, 1.54) is 17.4 Å². The summed E-state index contributed by atoms with van der Waals surface area (Å²) in [4.78, 5) is 36.5. The fraction of sp³-hybridized carbons (Fsp3) is 0.438. The van der Waals surface area contributed by atoms with Crippen molar-refractivity contribution in [1.82, 2.24) is 19.4 Å². The van der Waals surface area contributed by atoms with Crippen LogP contribution in [0.15, 0.2) is 49.1 Å². The molecule has 0 unspecified atom stereocenters. The van der Waals surface area contributed by atoms with E-state index in [0.29, 0.717) is 43.3 Å². The molecule has 1 aliphatic carbocycles. The molecule has 8 nitrogen and oxygen atoms in total. The molecule has 4 aromatic rings. The monoisotopic (exact) mass is 592 g/mol. The van der Waals surface area contributed by atoms with E-state index in [1.54, 1.807) is 35.6 Å². The molecule has 1 saturated carbocycles. The second-order valence-electron chi connectivity index (χ2n) is 11.8. The summed E-state index contributed by atoms with van der Waals surface area (Å²) in [5, 5.41) is 0. The van der Waals surface area contributed by atoms with Crippen molar-refractivity contribution in [1.29, 1.82) is 0 Å². The quantitative estimate of drug-likeness (QED) is 0.168. The molecule has 0 aliphatic heterocycles. The Morgan fingerprint density at radius 3 is 2.64 bits per heavy atom. The Morgan fingerprint density at radius 2 is 1.93 bits per heavy atom. The summed E-state index contributed by atoms with van der Waals surface area (Å²) in [7, 11) is 0. The molecule has 0 saturated heterocycles. The zero-order valence-corrected chi connectivity index (χ0v) is 25.4. The number of halogens is 1. The minimum absolute atomic E-state index is 0.0988. The second-order valence-corrected chi connectivity index (χ2v) is 12.9. The number of ether oxygens (including phenoxy) is 2. The molecule has 1 amide bonds. The third-order valence-electron chi connectivity index (χ3n) is 6.87. The van der Waals surface area contributed by atoms with E-state index in [1.807, 2.05) is 44.5 Å². The standard InChI is InChI=1S/C32H37FN4O4S/c1-5-12-37(31(39)41-32(2,3)4)14-13-36-19-26(35-20-36)29-18-25-30(42-29)28(10-11-34-25)40-27-9-8-22(17-24(27)33)16-23(38)15-21-6-7-21/h8-11,17-21H,5-7,12-16H2,1-4H3. The summed E-state index contributed by atoms with van der Waals surface area (Å²) in [5.74, 6) is 0.761. The van der Waals surface area contributed by atoms with Crippen molar-refractivity contribution >= 4 is 33.4 Å². The Balaban J connectivity index is 1.26. The molecule has 0 radical (unpaired) electrons. The van der Waals surface area contributed by atoms with Crippen LogP contribution in [-0.2, 0) is 22.5 Å². The molecule has 10 heteroatoms. The second kappa shape index (κ2) is 12.6. The van der Waals surface area contributed by atoms with Crippen molar-refractivity contribution in [3.8, 4) is 22.1 Å². The molecule has 1 aliphatic rings. The van der Waals surface area contributed by atoms with Crippen molar-refractivity contribution in [2.45, 2.75) is 71.9 Å². The van der Waals surface area contributed by atoms with Gasteiger partial charge in [-0.2, -0.15) is 0 Å². The number of fused-ring (bicyclic) bond motifs is 1. The number of carbonyl (C=O) groups excluding carboxylic acids is 2. The van der Waals surface area contributed by atoms with Crippen LogP contribution in [0.3, 0.4) is 0 Å². The molecule has 42 heavy (non-hydrogen) atoms. The van der Waals surface area contributed by atoms with Crippen LogP contribution < -0.4 is 4.74 Å². The van der Waals surface area contributed by atoms with Gasteiger partial charge < -0.3 is 18.9 Å². The van der Waals surface area contributed by atoms with Gasteiger partial charge in [0, 0.05) is 50.9 Å². The molecule has 0 bridgehead atoms. The number of imidazole rings is 1. The van der Waals surface area contributed by atoms with Gasteiger partial charge >= 0.3 is 6.09 Å². The molecule has 1 aromatic carbocycles. The lowest BCUT2D eigenvalue weighted by atomic mass is 10.0. The van der Waals surface area contributed by atoms with Crippen LogP contribution in [0.4, 0.5) is 9.18 Å². The Morgan fingerprint density at radius 1 is 1.12 bits per heavy atom. The van der Waals surface area contributed by atoms with Gasteiger partial charge in [0.1, 0.15) is 17.1 Å². The lowest BCUT2D eigenvalue weighted by Gasteiger charge is -2.27. The molecule has 1 fully saturated rings. The Bertz CT molecular complexity index is 1570. The topological polar surface area (TPSA) is 86.6 Å². The average molecular weight is 593 g/mol. The average Bonchev–Trinajstić information content (AvgIpc) is 3.41. The summed E-state index contributed by atoms with van der Waals surface area (Å²) in [6.45, 7) is 9.31. The first-order valence-corrected chi connectivity index (χ1v) is 15.3. The number of carbonyl (C=O) groups is 2. The molecule has 3 aromatic heterocycles. The number of hydrogen-bond acceptors (Lipinski definition) is 7. The van der Waals surface area contributed by atoms with Crippen LogP contribution in [0.1, 0.15) is 58.9 Å². The summed E-state index contributed by atoms with van der Waals surface area (Å²) in [5.41, 5.74) is 1.61. The van der Waals surface area contributed by atoms with Crippen LogP contribution in [0, 0.1) is 11.7 Å². The highest BCUT2D eigenvalue weighted by Gasteiger charge is 2.25. The van der Waals surface area contributed by atoms with E-state index in [9.17, 15) is 14.0 Å². The van der Waals surface area contributed by atoms with Gasteiger partial charge in [-0.15, -0.1) is 11.3 Å². The summed E-state index contributed by atoms with van der Waals surface area (Å²) < 4.78 is 29.2. The fourth-order valence-corrected chi connectivity index (χ4v) is 5.68. The lowest BCUT2D eigenvalue weighted by molar-refractivity contribution is -0.118. The molecule has 222 valence electrons. The first kappa shape index (κ1) is 29.7. The number of rotatable bonds is 12. The molecule has 0 spiro atoms. The maximum absolute atomic E-state index is 14.9. The van der Waals surface area contributed by atoms with Crippen molar-refractivity contribution in [3.05, 3.63) is 60.4 Å². The van der Waals surface area contributed by atoms with E-state index in [4.69, 9.17) is 9.47 Å². The highest BCUT2D eigenvalue weighted by Crippen LogP contribution is 2.39. The highest BCUT2D eigenvalue weighted by atomic mass is 32.1. The van der Waals surface area contributed by atoms with Gasteiger partial charge in [0.25, 0.3) is 0 Å². The molecular weight excluding hydrogens is 555 g/mol. The van der Waals surface area contributed by atoms with Crippen molar-refractivity contribution in [2.24, 2.45) is 5.92 Å². The largest absolute Gasteiger partial charge is 0.453 e. The predicted octanol–water partition coefficient (Wildman–Crippen LogP) is 7.65. The van der Waals surface area contributed by atoms with Gasteiger partial charge in [-0.25, -0.2) is 14.2 Å².